The second-order valence-corrected chi connectivity index (χ2v) is 6.63. The van der Waals surface area contributed by atoms with Gasteiger partial charge >= 0.3 is 5.69 Å². The number of halogens is 2. The highest BCUT2D eigenvalue weighted by atomic mass is 35.5. The van der Waals surface area contributed by atoms with Gasteiger partial charge in [0.05, 0.1) is 0 Å². The van der Waals surface area contributed by atoms with Crippen molar-refractivity contribution < 1.29 is 4.42 Å². The minimum atomic E-state index is -0.509. The molecule has 0 atom stereocenters. The molecular formula is C16H12Cl2N6O3. The predicted molar refractivity (Wildman–Crippen MR) is 99.1 cm³/mol. The first kappa shape index (κ1) is 17.5. The Morgan fingerprint density at radius 2 is 1.74 bits per heavy atom. The predicted octanol–water partition coefficient (Wildman–Crippen LogP) is 1.84. The number of hydrogen-bond acceptors (Lipinski definition) is 6. The summed E-state index contributed by atoms with van der Waals surface area (Å²) in [5.41, 5.74) is 0.0704. The van der Waals surface area contributed by atoms with Crippen LogP contribution in [0.1, 0.15) is 5.89 Å². The third-order valence-corrected chi connectivity index (χ3v) is 4.69. The SMILES string of the molecule is Cn1c(=O)c2c(nc(Cl)n2Cc2nnc(-c3ccc(Cl)cc3)o2)n(C)c1=O. The van der Waals surface area contributed by atoms with Gasteiger partial charge < -0.3 is 4.42 Å². The van der Waals surface area contributed by atoms with Gasteiger partial charge in [-0.25, -0.2) is 4.79 Å². The highest BCUT2D eigenvalue weighted by molar-refractivity contribution is 6.30. The summed E-state index contributed by atoms with van der Waals surface area (Å²) < 4.78 is 9.34. The topological polar surface area (TPSA) is 101 Å². The van der Waals surface area contributed by atoms with Crippen molar-refractivity contribution in [3.8, 4) is 11.5 Å². The first-order chi connectivity index (χ1) is 12.9. The molecule has 0 saturated carbocycles. The third kappa shape index (κ3) is 2.84. The van der Waals surface area contributed by atoms with Crippen molar-refractivity contribution in [2.75, 3.05) is 0 Å². The van der Waals surface area contributed by atoms with Crippen LogP contribution in [0.2, 0.25) is 10.3 Å². The molecule has 0 radical (unpaired) electrons. The summed E-state index contributed by atoms with van der Waals surface area (Å²) in [6, 6.07) is 6.94. The van der Waals surface area contributed by atoms with Crippen molar-refractivity contribution in [2.45, 2.75) is 6.54 Å². The summed E-state index contributed by atoms with van der Waals surface area (Å²) in [4.78, 5) is 28.7. The Balaban J connectivity index is 1.79. The Morgan fingerprint density at radius 3 is 2.44 bits per heavy atom. The van der Waals surface area contributed by atoms with Crippen LogP contribution in [-0.2, 0) is 20.6 Å². The maximum Gasteiger partial charge on any atom is 0.332 e. The summed E-state index contributed by atoms with van der Waals surface area (Å²) in [6.07, 6.45) is 0. The Morgan fingerprint density at radius 1 is 1.04 bits per heavy atom. The molecule has 0 fully saturated rings. The number of nitrogens with zero attached hydrogens (tertiary/aromatic N) is 6. The number of imidazole rings is 1. The lowest BCUT2D eigenvalue weighted by molar-refractivity contribution is 0.491. The maximum absolute atomic E-state index is 12.5. The average molecular weight is 407 g/mol. The molecule has 27 heavy (non-hydrogen) atoms. The molecule has 4 rings (SSSR count). The molecule has 1 aromatic carbocycles. The summed E-state index contributed by atoms with van der Waals surface area (Å²) >= 11 is 12.1. The maximum atomic E-state index is 12.5. The van der Waals surface area contributed by atoms with Crippen LogP contribution >= 0.6 is 23.2 Å². The zero-order valence-electron chi connectivity index (χ0n) is 14.2. The Kier molecular flexibility index (Phi) is 4.12. The molecule has 0 bridgehead atoms. The van der Waals surface area contributed by atoms with Crippen molar-refractivity contribution >= 4 is 34.4 Å². The van der Waals surface area contributed by atoms with Crippen LogP contribution in [0.25, 0.3) is 22.6 Å². The number of hydrogen-bond donors (Lipinski definition) is 0. The molecule has 0 aliphatic heterocycles. The van der Waals surface area contributed by atoms with E-state index in [1.807, 2.05) is 0 Å². The quantitative estimate of drug-likeness (QED) is 0.481. The number of rotatable bonds is 3. The minimum Gasteiger partial charge on any atom is -0.419 e. The molecule has 9 nitrogen and oxygen atoms in total. The molecule has 0 unspecified atom stereocenters. The molecule has 138 valence electrons. The fourth-order valence-corrected chi connectivity index (χ4v) is 3.08. The Bertz CT molecular complexity index is 1280. The normalized spacial score (nSPS) is 11.4. The summed E-state index contributed by atoms with van der Waals surface area (Å²) in [6.45, 7) is 0.0311. The zero-order chi connectivity index (χ0) is 19.3. The van der Waals surface area contributed by atoms with E-state index in [9.17, 15) is 9.59 Å². The molecule has 0 saturated heterocycles. The van der Waals surface area contributed by atoms with Crippen molar-refractivity contribution in [1.82, 2.24) is 28.9 Å². The van der Waals surface area contributed by atoms with Crippen molar-refractivity contribution in [3.05, 3.63) is 61.3 Å². The van der Waals surface area contributed by atoms with E-state index in [4.69, 9.17) is 27.6 Å². The standard InChI is InChI=1S/C16H12Cl2N6O3/c1-22-12-11(14(25)23(2)16(22)26)24(15(18)19-12)7-10-20-21-13(27-10)8-3-5-9(17)6-4-8/h3-6H,7H2,1-2H3. The van der Waals surface area contributed by atoms with Gasteiger partial charge in [0.1, 0.15) is 6.54 Å². The van der Waals surface area contributed by atoms with Gasteiger partial charge in [0.15, 0.2) is 11.2 Å². The Labute approximate surface area is 161 Å². The number of benzene rings is 1. The van der Waals surface area contributed by atoms with Gasteiger partial charge in [0, 0.05) is 24.7 Å². The van der Waals surface area contributed by atoms with E-state index < -0.39 is 11.2 Å². The fourth-order valence-electron chi connectivity index (χ4n) is 2.73. The van der Waals surface area contributed by atoms with Gasteiger partial charge in [-0.1, -0.05) is 11.6 Å². The van der Waals surface area contributed by atoms with Crippen molar-refractivity contribution in [1.29, 1.82) is 0 Å². The fraction of sp³-hybridized carbons (Fsp3) is 0.188. The van der Waals surface area contributed by atoms with Gasteiger partial charge in [-0.15, -0.1) is 10.2 Å². The number of aryl methyl sites for hydroxylation is 1. The van der Waals surface area contributed by atoms with Crippen LogP contribution in [0.4, 0.5) is 0 Å². The highest BCUT2D eigenvalue weighted by Gasteiger charge is 2.20. The lowest BCUT2D eigenvalue weighted by Crippen LogP contribution is -2.37. The van der Waals surface area contributed by atoms with Gasteiger partial charge in [-0.2, -0.15) is 4.98 Å². The summed E-state index contributed by atoms with van der Waals surface area (Å²) in [7, 11) is 2.91. The molecule has 0 N–H and O–H groups in total. The lowest BCUT2D eigenvalue weighted by atomic mass is 10.2. The van der Waals surface area contributed by atoms with Gasteiger partial charge in [0.25, 0.3) is 5.56 Å². The van der Waals surface area contributed by atoms with Crippen LogP contribution in [0.15, 0.2) is 38.3 Å². The smallest absolute Gasteiger partial charge is 0.332 e. The second-order valence-electron chi connectivity index (χ2n) is 5.85. The van der Waals surface area contributed by atoms with Crippen molar-refractivity contribution in [3.63, 3.8) is 0 Å². The van der Waals surface area contributed by atoms with Gasteiger partial charge in [-0.05, 0) is 35.9 Å². The largest absolute Gasteiger partial charge is 0.419 e. The molecule has 0 amide bonds. The Hall–Kier alpha value is -2.91. The zero-order valence-corrected chi connectivity index (χ0v) is 15.7. The molecule has 3 aromatic heterocycles. The van der Waals surface area contributed by atoms with E-state index in [1.54, 1.807) is 24.3 Å². The van der Waals surface area contributed by atoms with Gasteiger partial charge in [0.2, 0.25) is 17.1 Å². The number of aromatic nitrogens is 6. The van der Waals surface area contributed by atoms with Crippen LogP contribution in [0, 0.1) is 0 Å². The summed E-state index contributed by atoms with van der Waals surface area (Å²) in [5.74, 6) is 0.541. The first-order valence-corrected chi connectivity index (χ1v) is 8.52. The molecule has 0 aliphatic rings. The van der Waals surface area contributed by atoms with Crippen LogP contribution < -0.4 is 11.2 Å². The molecule has 3 heterocycles. The third-order valence-electron chi connectivity index (χ3n) is 4.15. The van der Waals surface area contributed by atoms with E-state index in [-0.39, 0.29) is 28.9 Å². The van der Waals surface area contributed by atoms with Crippen molar-refractivity contribution in [2.24, 2.45) is 14.1 Å². The van der Waals surface area contributed by atoms with Crippen LogP contribution in [0.5, 0.6) is 0 Å². The monoisotopic (exact) mass is 406 g/mol. The second kappa shape index (κ2) is 6.36. The number of fused-ring (bicyclic) bond motifs is 1. The molecule has 4 aromatic rings. The van der Waals surface area contributed by atoms with Gasteiger partial charge in [-0.3, -0.25) is 18.5 Å². The average Bonchev–Trinajstić information content (AvgIpc) is 3.24. The van der Waals surface area contributed by atoms with E-state index in [0.717, 1.165) is 4.57 Å². The van der Waals surface area contributed by atoms with E-state index >= 15 is 0 Å². The molecule has 0 aliphatic carbocycles. The highest BCUT2D eigenvalue weighted by Crippen LogP contribution is 2.22. The van der Waals surface area contributed by atoms with Crippen LogP contribution in [0.3, 0.4) is 0 Å². The lowest BCUT2D eigenvalue weighted by Gasteiger charge is -2.05. The van der Waals surface area contributed by atoms with Crippen LogP contribution in [-0.4, -0.2) is 28.9 Å². The minimum absolute atomic E-state index is 0.0311. The first-order valence-electron chi connectivity index (χ1n) is 7.77. The molecule has 0 spiro atoms. The van der Waals surface area contributed by atoms with E-state index in [2.05, 4.69) is 15.2 Å². The molecular weight excluding hydrogens is 395 g/mol. The molecule has 11 heteroatoms. The van der Waals surface area contributed by atoms with E-state index in [0.29, 0.717) is 16.5 Å². The van der Waals surface area contributed by atoms with E-state index in [1.165, 1.54) is 23.2 Å². The summed E-state index contributed by atoms with van der Waals surface area (Å²) in [5, 5.41) is 8.63.